The van der Waals surface area contributed by atoms with Gasteiger partial charge in [-0.2, -0.15) is 0 Å². The number of thiocarbonyl (C=S) groups is 1. The molecule has 2 aromatic heterocycles. The van der Waals surface area contributed by atoms with Crippen LogP contribution in [0.5, 0.6) is 0 Å². The summed E-state index contributed by atoms with van der Waals surface area (Å²) < 4.78 is 5.92. The van der Waals surface area contributed by atoms with Gasteiger partial charge in [0.1, 0.15) is 5.52 Å². The molecule has 0 radical (unpaired) electrons. The average molecular weight is 408 g/mol. The molecule has 0 aliphatic carbocycles. The summed E-state index contributed by atoms with van der Waals surface area (Å²) in [7, 11) is 0. The summed E-state index contributed by atoms with van der Waals surface area (Å²) in [6, 6.07) is 15.1. The third-order valence-electron chi connectivity index (χ3n) is 4.34. The fourth-order valence-corrected chi connectivity index (χ4v) is 3.60. The molecule has 4 rings (SSSR count). The number of nitrogens with one attached hydrogen (secondary N) is 2. The van der Waals surface area contributed by atoms with Crippen LogP contribution in [0, 0.1) is 13.8 Å². The van der Waals surface area contributed by atoms with Gasteiger partial charge in [0.2, 0.25) is 5.89 Å². The molecule has 0 aliphatic heterocycles. The number of oxazole rings is 1. The maximum atomic E-state index is 12.1. The molecule has 0 bridgehead atoms. The summed E-state index contributed by atoms with van der Waals surface area (Å²) in [6.45, 7) is 4.10. The highest BCUT2D eigenvalue weighted by atomic mass is 32.1. The Balaban J connectivity index is 1.53. The summed E-state index contributed by atoms with van der Waals surface area (Å²) >= 11 is 6.61. The zero-order chi connectivity index (χ0) is 19.7. The molecule has 0 unspecified atom stereocenters. The van der Waals surface area contributed by atoms with E-state index in [0.29, 0.717) is 10.8 Å². The van der Waals surface area contributed by atoms with Crippen molar-refractivity contribution in [3.8, 4) is 11.5 Å². The highest BCUT2D eigenvalue weighted by Crippen LogP contribution is 2.27. The van der Waals surface area contributed by atoms with Crippen LogP contribution in [-0.2, 0) is 0 Å². The number of carbonyl (C=O) groups is 1. The monoisotopic (exact) mass is 407 g/mol. The normalized spacial score (nSPS) is 10.8. The van der Waals surface area contributed by atoms with Crippen molar-refractivity contribution in [1.29, 1.82) is 0 Å². The molecule has 7 heteroatoms. The van der Waals surface area contributed by atoms with Crippen LogP contribution in [0.3, 0.4) is 0 Å². The van der Waals surface area contributed by atoms with E-state index in [1.54, 1.807) is 6.07 Å². The van der Waals surface area contributed by atoms with Crippen molar-refractivity contribution in [1.82, 2.24) is 10.3 Å². The van der Waals surface area contributed by atoms with E-state index in [4.69, 9.17) is 16.6 Å². The first kappa shape index (κ1) is 18.3. The molecule has 140 valence electrons. The SMILES string of the molecule is Cc1cc2nc(-c3cccc(NC(=S)NC(=O)c4cccs4)c3)oc2cc1C. The number of amides is 1. The van der Waals surface area contributed by atoms with E-state index in [2.05, 4.69) is 22.5 Å². The summed E-state index contributed by atoms with van der Waals surface area (Å²) in [5, 5.41) is 7.79. The van der Waals surface area contributed by atoms with Crippen molar-refractivity contribution in [2.24, 2.45) is 0 Å². The van der Waals surface area contributed by atoms with Crippen molar-refractivity contribution >= 4 is 51.4 Å². The van der Waals surface area contributed by atoms with Gasteiger partial charge in [-0.1, -0.05) is 12.1 Å². The second-order valence-electron chi connectivity index (χ2n) is 6.39. The van der Waals surface area contributed by atoms with Crippen LogP contribution < -0.4 is 10.6 Å². The maximum Gasteiger partial charge on any atom is 0.267 e. The Labute approximate surface area is 171 Å². The maximum absolute atomic E-state index is 12.1. The summed E-state index contributed by atoms with van der Waals surface area (Å²) in [4.78, 5) is 17.3. The molecule has 2 N–H and O–H groups in total. The molecule has 5 nitrogen and oxygen atoms in total. The Morgan fingerprint density at radius 1 is 1.11 bits per heavy atom. The van der Waals surface area contributed by atoms with Crippen LogP contribution in [0.4, 0.5) is 5.69 Å². The van der Waals surface area contributed by atoms with Gasteiger partial charge in [-0.15, -0.1) is 11.3 Å². The van der Waals surface area contributed by atoms with E-state index in [1.807, 2.05) is 54.8 Å². The number of anilines is 1. The Bertz CT molecular complexity index is 1140. The fraction of sp³-hybridized carbons (Fsp3) is 0.0952. The van der Waals surface area contributed by atoms with Crippen molar-refractivity contribution in [3.05, 3.63) is 69.9 Å². The summed E-state index contributed by atoms with van der Waals surface area (Å²) in [6.07, 6.45) is 0. The molecule has 28 heavy (non-hydrogen) atoms. The van der Waals surface area contributed by atoms with Crippen LogP contribution in [0.1, 0.15) is 20.8 Å². The van der Waals surface area contributed by atoms with Crippen LogP contribution >= 0.6 is 23.6 Å². The van der Waals surface area contributed by atoms with Crippen molar-refractivity contribution in [2.45, 2.75) is 13.8 Å². The van der Waals surface area contributed by atoms with Crippen LogP contribution in [0.2, 0.25) is 0 Å². The standard InChI is InChI=1S/C21H17N3O2S2/c1-12-9-16-17(10-13(12)2)26-20(23-16)14-5-3-6-15(11-14)22-21(27)24-19(25)18-7-4-8-28-18/h3-11H,1-2H3,(H2,22,24,25,27). The van der Waals surface area contributed by atoms with Gasteiger partial charge < -0.3 is 9.73 Å². The van der Waals surface area contributed by atoms with Crippen LogP contribution in [0.25, 0.3) is 22.6 Å². The molecule has 0 spiro atoms. The first-order valence-corrected chi connectivity index (χ1v) is 9.92. The van der Waals surface area contributed by atoms with Gasteiger partial charge in [0.05, 0.1) is 4.88 Å². The zero-order valence-electron chi connectivity index (χ0n) is 15.3. The van der Waals surface area contributed by atoms with E-state index >= 15 is 0 Å². The lowest BCUT2D eigenvalue weighted by atomic mass is 10.1. The zero-order valence-corrected chi connectivity index (χ0v) is 16.9. The molecule has 4 aromatic rings. The third kappa shape index (κ3) is 3.81. The smallest absolute Gasteiger partial charge is 0.267 e. The second-order valence-corrected chi connectivity index (χ2v) is 7.75. The van der Waals surface area contributed by atoms with Gasteiger partial charge in [-0.25, -0.2) is 4.98 Å². The average Bonchev–Trinajstić information content (AvgIpc) is 3.32. The molecule has 2 aromatic carbocycles. The first-order valence-electron chi connectivity index (χ1n) is 8.63. The lowest BCUT2D eigenvalue weighted by molar-refractivity contribution is 0.0981. The summed E-state index contributed by atoms with van der Waals surface area (Å²) in [5.74, 6) is 0.311. The minimum Gasteiger partial charge on any atom is -0.436 e. The quantitative estimate of drug-likeness (QED) is 0.451. The Morgan fingerprint density at radius 3 is 2.71 bits per heavy atom. The Kier molecular flexibility index (Phi) is 4.93. The minimum atomic E-state index is -0.228. The van der Waals surface area contributed by atoms with Crippen molar-refractivity contribution in [2.75, 3.05) is 5.32 Å². The van der Waals surface area contributed by atoms with E-state index in [1.165, 1.54) is 16.9 Å². The molecule has 0 saturated heterocycles. The van der Waals surface area contributed by atoms with E-state index in [-0.39, 0.29) is 11.0 Å². The molecule has 0 atom stereocenters. The van der Waals surface area contributed by atoms with Gasteiger partial charge in [0, 0.05) is 11.3 Å². The molecule has 0 saturated carbocycles. The number of benzene rings is 2. The molecular formula is C21H17N3O2S2. The number of nitrogens with zero attached hydrogens (tertiary/aromatic N) is 1. The largest absolute Gasteiger partial charge is 0.436 e. The molecular weight excluding hydrogens is 390 g/mol. The Morgan fingerprint density at radius 2 is 1.93 bits per heavy atom. The second kappa shape index (κ2) is 7.53. The fourth-order valence-electron chi connectivity index (χ4n) is 2.77. The number of fused-ring (bicyclic) bond motifs is 1. The number of thiophene rings is 1. The predicted molar refractivity (Wildman–Crippen MR) is 117 cm³/mol. The summed E-state index contributed by atoms with van der Waals surface area (Å²) in [5.41, 5.74) is 5.49. The number of aromatic nitrogens is 1. The van der Waals surface area contributed by atoms with Gasteiger partial charge in [-0.3, -0.25) is 10.1 Å². The lowest BCUT2D eigenvalue weighted by Crippen LogP contribution is -2.33. The molecule has 1 amide bonds. The van der Waals surface area contributed by atoms with Gasteiger partial charge in [-0.05, 0) is 79.0 Å². The Hall–Kier alpha value is -3.03. The highest BCUT2D eigenvalue weighted by molar-refractivity contribution is 7.80. The number of rotatable bonds is 3. The highest BCUT2D eigenvalue weighted by Gasteiger charge is 2.12. The minimum absolute atomic E-state index is 0.228. The van der Waals surface area contributed by atoms with Gasteiger partial charge >= 0.3 is 0 Å². The van der Waals surface area contributed by atoms with E-state index in [0.717, 1.165) is 27.9 Å². The van der Waals surface area contributed by atoms with Crippen LogP contribution in [-0.4, -0.2) is 16.0 Å². The number of hydrogen-bond donors (Lipinski definition) is 2. The van der Waals surface area contributed by atoms with E-state index < -0.39 is 0 Å². The molecule has 0 aliphatic rings. The molecule has 2 heterocycles. The number of carbonyl (C=O) groups excluding carboxylic acids is 1. The van der Waals surface area contributed by atoms with Gasteiger partial charge in [0.25, 0.3) is 5.91 Å². The topological polar surface area (TPSA) is 67.2 Å². The molecule has 0 fully saturated rings. The number of aryl methyl sites for hydroxylation is 2. The number of hydrogen-bond acceptors (Lipinski definition) is 5. The van der Waals surface area contributed by atoms with Crippen molar-refractivity contribution < 1.29 is 9.21 Å². The van der Waals surface area contributed by atoms with Crippen molar-refractivity contribution in [3.63, 3.8) is 0 Å². The lowest BCUT2D eigenvalue weighted by Gasteiger charge is -2.09. The predicted octanol–water partition coefficient (Wildman–Crippen LogP) is 5.30. The first-order chi connectivity index (χ1) is 13.5. The van der Waals surface area contributed by atoms with E-state index in [9.17, 15) is 4.79 Å². The van der Waals surface area contributed by atoms with Crippen LogP contribution in [0.15, 0.2) is 58.3 Å². The van der Waals surface area contributed by atoms with Gasteiger partial charge in [0.15, 0.2) is 10.7 Å². The third-order valence-corrected chi connectivity index (χ3v) is 5.42.